The van der Waals surface area contributed by atoms with Crippen molar-refractivity contribution in [1.29, 1.82) is 0 Å². The Labute approximate surface area is 161 Å². The molecule has 0 radical (unpaired) electrons. The Kier molecular flexibility index (Phi) is 6.08. The topological polar surface area (TPSA) is 72.8 Å². The summed E-state index contributed by atoms with van der Waals surface area (Å²) in [5.74, 6) is 0.162. The molecule has 3 aromatic rings. The summed E-state index contributed by atoms with van der Waals surface area (Å²) in [5, 5.41) is 10.7. The minimum Gasteiger partial charge on any atom is -0.490 e. The molecule has 0 aliphatic carbocycles. The van der Waals surface area contributed by atoms with E-state index >= 15 is 0 Å². The molecule has 0 spiro atoms. The summed E-state index contributed by atoms with van der Waals surface area (Å²) in [6.45, 7) is 3.53. The second-order valence-electron chi connectivity index (χ2n) is 6.40. The summed E-state index contributed by atoms with van der Waals surface area (Å²) in [6, 6.07) is 11.1. The van der Waals surface area contributed by atoms with Crippen molar-refractivity contribution in [1.82, 2.24) is 0 Å². The molecule has 1 atom stereocenters. The van der Waals surface area contributed by atoms with Gasteiger partial charge in [0, 0.05) is 26.6 Å². The normalized spacial score (nSPS) is 12.3. The van der Waals surface area contributed by atoms with Gasteiger partial charge in [0.05, 0.1) is 6.61 Å². The van der Waals surface area contributed by atoms with Gasteiger partial charge in [-0.15, -0.1) is 11.3 Å². The van der Waals surface area contributed by atoms with Gasteiger partial charge in [0.15, 0.2) is 11.5 Å². The van der Waals surface area contributed by atoms with Crippen LogP contribution in [0.25, 0.3) is 20.2 Å². The van der Waals surface area contributed by atoms with Crippen LogP contribution in [0.4, 0.5) is 0 Å². The average molecular weight is 386 g/mol. The maximum atomic E-state index is 12.8. The van der Waals surface area contributed by atoms with Gasteiger partial charge in [-0.1, -0.05) is 19.1 Å². The van der Waals surface area contributed by atoms with E-state index in [9.17, 15) is 14.7 Å². The Hall–Kier alpha value is -2.44. The van der Waals surface area contributed by atoms with Crippen molar-refractivity contribution >= 4 is 37.5 Å². The van der Waals surface area contributed by atoms with Crippen molar-refractivity contribution < 1.29 is 19.4 Å². The van der Waals surface area contributed by atoms with Crippen LogP contribution in [0, 0.1) is 6.92 Å². The fourth-order valence-electron chi connectivity index (χ4n) is 2.89. The zero-order valence-corrected chi connectivity index (χ0v) is 16.2. The van der Waals surface area contributed by atoms with Crippen molar-refractivity contribution in [2.24, 2.45) is 0 Å². The van der Waals surface area contributed by atoms with E-state index in [2.05, 4.69) is 0 Å². The fraction of sp³-hybridized carbons (Fsp3) is 0.333. The Morgan fingerprint density at radius 3 is 2.74 bits per heavy atom. The molecule has 3 rings (SSSR count). The Bertz CT molecular complexity index is 1020. The summed E-state index contributed by atoms with van der Waals surface area (Å²) >= 11 is 1.58. The predicted molar refractivity (Wildman–Crippen MR) is 108 cm³/mol. The molecule has 0 aliphatic heterocycles. The standard InChI is InChI=1S/C21H22O5S/c1-3-6-19(23)26-15(11-22)12-25-14-9-13(2)21-17(10-14)20(24)16-7-4-5-8-18(16)27-21/h4-5,7-10,15,22H,3,6,11-12H2,1-2H3. The lowest BCUT2D eigenvalue weighted by molar-refractivity contribution is -0.152. The van der Waals surface area contributed by atoms with Crippen LogP contribution in [-0.4, -0.2) is 30.4 Å². The highest BCUT2D eigenvalue weighted by Gasteiger charge is 2.15. The average Bonchev–Trinajstić information content (AvgIpc) is 2.66. The van der Waals surface area contributed by atoms with Crippen LogP contribution in [0.3, 0.4) is 0 Å². The lowest BCUT2D eigenvalue weighted by Crippen LogP contribution is -2.28. The van der Waals surface area contributed by atoms with Gasteiger partial charge in [0.25, 0.3) is 0 Å². The van der Waals surface area contributed by atoms with Crippen molar-refractivity contribution in [2.45, 2.75) is 32.8 Å². The SMILES string of the molecule is CCCC(=O)OC(CO)COc1cc(C)c2sc3ccccc3c(=O)c2c1. The Balaban J connectivity index is 1.87. The first-order chi connectivity index (χ1) is 13.0. The minimum absolute atomic E-state index is 0.0269. The van der Waals surface area contributed by atoms with E-state index in [1.165, 1.54) is 0 Å². The third kappa shape index (κ3) is 4.28. The van der Waals surface area contributed by atoms with Crippen molar-refractivity contribution in [2.75, 3.05) is 13.2 Å². The van der Waals surface area contributed by atoms with Crippen LogP contribution >= 0.6 is 11.3 Å². The maximum absolute atomic E-state index is 12.8. The van der Waals surface area contributed by atoms with E-state index < -0.39 is 6.10 Å². The monoisotopic (exact) mass is 386 g/mol. The van der Waals surface area contributed by atoms with Gasteiger partial charge in [0.1, 0.15) is 12.4 Å². The first-order valence-corrected chi connectivity index (χ1v) is 9.74. The van der Waals surface area contributed by atoms with E-state index in [1.54, 1.807) is 17.4 Å². The zero-order chi connectivity index (χ0) is 19.4. The van der Waals surface area contributed by atoms with Crippen LogP contribution < -0.4 is 10.2 Å². The number of esters is 1. The molecule has 27 heavy (non-hydrogen) atoms. The first kappa shape index (κ1) is 19.3. The molecule has 1 heterocycles. The van der Waals surface area contributed by atoms with E-state index in [4.69, 9.17) is 9.47 Å². The molecule has 142 valence electrons. The Morgan fingerprint density at radius 2 is 2.00 bits per heavy atom. The summed E-state index contributed by atoms with van der Waals surface area (Å²) in [5.41, 5.74) is 0.917. The number of ether oxygens (including phenoxy) is 2. The molecule has 1 unspecified atom stereocenters. The largest absolute Gasteiger partial charge is 0.490 e. The van der Waals surface area contributed by atoms with Crippen molar-refractivity contribution in [3.05, 3.63) is 52.2 Å². The highest BCUT2D eigenvalue weighted by molar-refractivity contribution is 7.24. The van der Waals surface area contributed by atoms with Crippen LogP contribution in [0.15, 0.2) is 41.2 Å². The molecule has 1 N–H and O–H groups in total. The zero-order valence-electron chi connectivity index (χ0n) is 15.4. The molecule has 0 amide bonds. The van der Waals surface area contributed by atoms with Gasteiger partial charge >= 0.3 is 5.97 Å². The van der Waals surface area contributed by atoms with Gasteiger partial charge in [0.2, 0.25) is 0 Å². The highest BCUT2D eigenvalue weighted by Crippen LogP contribution is 2.30. The van der Waals surface area contributed by atoms with E-state index in [0.29, 0.717) is 29.4 Å². The lowest BCUT2D eigenvalue weighted by Gasteiger charge is -2.17. The number of carbonyl (C=O) groups is 1. The van der Waals surface area contributed by atoms with Crippen LogP contribution in [-0.2, 0) is 9.53 Å². The second-order valence-corrected chi connectivity index (χ2v) is 7.45. The van der Waals surface area contributed by atoms with E-state index in [0.717, 1.165) is 15.0 Å². The molecule has 0 bridgehead atoms. The second kappa shape index (κ2) is 8.50. The molecule has 6 heteroatoms. The number of benzene rings is 2. The van der Waals surface area contributed by atoms with Crippen molar-refractivity contribution in [3.8, 4) is 5.75 Å². The fourth-order valence-corrected chi connectivity index (χ4v) is 4.01. The van der Waals surface area contributed by atoms with Gasteiger partial charge < -0.3 is 14.6 Å². The molecular formula is C21H22O5S. The number of fused-ring (bicyclic) bond motifs is 2. The molecule has 5 nitrogen and oxygen atoms in total. The molecule has 0 aliphatic rings. The quantitative estimate of drug-likeness (QED) is 0.494. The molecule has 0 saturated carbocycles. The third-order valence-electron chi connectivity index (χ3n) is 4.23. The van der Waals surface area contributed by atoms with Crippen LogP contribution in [0.2, 0.25) is 0 Å². The smallest absolute Gasteiger partial charge is 0.306 e. The number of aryl methyl sites for hydroxylation is 1. The predicted octanol–water partition coefficient (Wildman–Crippen LogP) is 3.81. The van der Waals surface area contributed by atoms with Crippen LogP contribution in [0.1, 0.15) is 25.3 Å². The number of aliphatic hydroxyl groups is 1. The third-order valence-corrected chi connectivity index (χ3v) is 5.55. The van der Waals surface area contributed by atoms with E-state index in [1.807, 2.05) is 44.2 Å². The first-order valence-electron chi connectivity index (χ1n) is 8.92. The summed E-state index contributed by atoms with van der Waals surface area (Å²) in [7, 11) is 0. The van der Waals surface area contributed by atoms with Gasteiger partial charge in [-0.3, -0.25) is 9.59 Å². The molecule has 1 aromatic heterocycles. The Morgan fingerprint density at radius 1 is 1.22 bits per heavy atom. The number of carbonyl (C=O) groups excluding carboxylic acids is 1. The van der Waals surface area contributed by atoms with Crippen molar-refractivity contribution in [3.63, 3.8) is 0 Å². The summed E-state index contributed by atoms with van der Waals surface area (Å²) < 4.78 is 12.8. The lowest BCUT2D eigenvalue weighted by atomic mass is 10.1. The summed E-state index contributed by atoms with van der Waals surface area (Å²) in [6.07, 6.45) is 0.258. The summed E-state index contributed by atoms with van der Waals surface area (Å²) in [4.78, 5) is 24.4. The van der Waals surface area contributed by atoms with E-state index in [-0.39, 0.29) is 24.6 Å². The molecular weight excluding hydrogens is 364 g/mol. The number of hydrogen-bond donors (Lipinski definition) is 1. The highest BCUT2D eigenvalue weighted by atomic mass is 32.1. The number of hydrogen-bond acceptors (Lipinski definition) is 6. The molecule has 0 saturated heterocycles. The molecule has 2 aromatic carbocycles. The molecule has 0 fully saturated rings. The maximum Gasteiger partial charge on any atom is 0.306 e. The van der Waals surface area contributed by atoms with Gasteiger partial charge in [-0.25, -0.2) is 0 Å². The van der Waals surface area contributed by atoms with Gasteiger partial charge in [-0.05, 0) is 43.2 Å². The van der Waals surface area contributed by atoms with Crippen LogP contribution in [0.5, 0.6) is 5.75 Å². The number of rotatable bonds is 7. The number of aliphatic hydroxyl groups excluding tert-OH is 1. The van der Waals surface area contributed by atoms with Gasteiger partial charge in [-0.2, -0.15) is 0 Å². The minimum atomic E-state index is -0.730.